The molecule has 0 amide bonds. The molecule has 0 aliphatic carbocycles. The first kappa shape index (κ1) is 12.0. The van der Waals surface area contributed by atoms with Crippen LogP contribution in [0.25, 0.3) is 0 Å². The molecular formula is C13H15IO2. The number of hydrogen-bond donors (Lipinski definition) is 0. The molecule has 0 aromatic heterocycles. The zero-order valence-electron chi connectivity index (χ0n) is 9.28. The van der Waals surface area contributed by atoms with Gasteiger partial charge in [0.2, 0.25) is 0 Å². The van der Waals surface area contributed by atoms with Crippen molar-refractivity contribution in [1.29, 1.82) is 0 Å². The van der Waals surface area contributed by atoms with E-state index in [4.69, 9.17) is 4.74 Å². The Labute approximate surface area is 110 Å². The van der Waals surface area contributed by atoms with Crippen LogP contribution in [0.4, 0.5) is 0 Å². The Balaban J connectivity index is 1.99. The maximum absolute atomic E-state index is 12.0. The predicted molar refractivity (Wildman–Crippen MR) is 71.4 cm³/mol. The van der Waals surface area contributed by atoms with Gasteiger partial charge in [-0.05, 0) is 52.6 Å². The van der Waals surface area contributed by atoms with Crippen LogP contribution in [0.2, 0.25) is 0 Å². The number of rotatable bonds is 3. The van der Waals surface area contributed by atoms with E-state index in [9.17, 15) is 4.79 Å². The Bertz CT molecular complexity index is 372. The van der Waals surface area contributed by atoms with Gasteiger partial charge in [0, 0.05) is 16.6 Å². The lowest BCUT2D eigenvalue weighted by atomic mass is 9.96. The minimum Gasteiger partial charge on any atom is -0.370 e. The number of benzene rings is 1. The topological polar surface area (TPSA) is 26.3 Å². The Morgan fingerprint density at radius 1 is 1.44 bits per heavy atom. The third-order valence-electron chi connectivity index (χ3n) is 3.00. The molecule has 16 heavy (non-hydrogen) atoms. The molecule has 1 aromatic carbocycles. The van der Waals surface area contributed by atoms with Crippen molar-refractivity contribution in [2.75, 3.05) is 6.61 Å². The quantitative estimate of drug-likeness (QED) is 0.797. The summed E-state index contributed by atoms with van der Waals surface area (Å²) < 4.78 is 6.67. The summed E-state index contributed by atoms with van der Waals surface area (Å²) in [6.07, 6.45) is 1.31. The van der Waals surface area contributed by atoms with Crippen molar-refractivity contribution < 1.29 is 9.53 Å². The lowest BCUT2D eigenvalue weighted by Gasteiger charge is -2.13. The number of carbonyl (C=O) groups is 1. The molecule has 0 N–H and O–H groups in total. The molecule has 0 radical (unpaired) electrons. The molecule has 1 heterocycles. The third-order valence-corrected chi connectivity index (χ3v) is 3.72. The van der Waals surface area contributed by atoms with Crippen LogP contribution in [0.5, 0.6) is 0 Å². The average molecular weight is 330 g/mol. The van der Waals surface area contributed by atoms with Crippen molar-refractivity contribution in [3.05, 3.63) is 33.4 Å². The maximum atomic E-state index is 12.0. The normalized spacial score (nSPS) is 24.6. The fourth-order valence-corrected chi connectivity index (χ4v) is 2.37. The van der Waals surface area contributed by atoms with Gasteiger partial charge in [-0.3, -0.25) is 4.79 Å². The van der Waals surface area contributed by atoms with Crippen molar-refractivity contribution >= 4 is 28.4 Å². The Morgan fingerprint density at radius 3 is 2.69 bits per heavy atom. The van der Waals surface area contributed by atoms with E-state index in [2.05, 4.69) is 29.5 Å². The molecule has 0 saturated carbocycles. The van der Waals surface area contributed by atoms with Gasteiger partial charge in [-0.2, -0.15) is 0 Å². The first-order valence-electron chi connectivity index (χ1n) is 5.55. The van der Waals surface area contributed by atoms with Gasteiger partial charge in [-0.25, -0.2) is 0 Å². The molecule has 1 aliphatic heterocycles. The average Bonchev–Trinajstić information content (AvgIpc) is 2.68. The SMILES string of the molecule is CC1CCOC1C(=O)Cc1ccc(I)cc1. The summed E-state index contributed by atoms with van der Waals surface area (Å²) in [6, 6.07) is 8.09. The van der Waals surface area contributed by atoms with Crippen molar-refractivity contribution in [2.24, 2.45) is 5.92 Å². The van der Waals surface area contributed by atoms with Gasteiger partial charge >= 0.3 is 0 Å². The molecule has 0 bridgehead atoms. The monoisotopic (exact) mass is 330 g/mol. The molecule has 1 aromatic rings. The smallest absolute Gasteiger partial charge is 0.166 e. The van der Waals surface area contributed by atoms with Gasteiger partial charge < -0.3 is 4.74 Å². The van der Waals surface area contributed by atoms with Crippen molar-refractivity contribution in [3.8, 4) is 0 Å². The van der Waals surface area contributed by atoms with Crippen LogP contribution >= 0.6 is 22.6 Å². The van der Waals surface area contributed by atoms with E-state index in [0.717, 1.165) is 18.6 Å². The lowest BCUT2D eigenvalue weighted by Crippen LogP contribution is -2.26. The molecule has 2 rings (SSSR count). The summed E-state index contributed by atoms with van der Waals surface area (Å²) in [4.78, 5) is 12.0. The van der Waals surface area contributed by atoms with Crippen molar-refractivity contribution in [3.63, 3.8) is 0 Å². The second-order valence-corrected chi connectivity index (χ2v) is 5.57. The van der Waals surface area contributed by atoms with Crippen LogP contribution in [-0.2, 0) is 16.0 Å². The van der Waals surface area contributed by atoms with Crippen LogP contribution in [0.15, 0.2) is 24.3 Å². The Morgan fingerprint density at radius 2 is 2.12 bits per heavy atom. The van der Waals surface area contributed by atoms with Gasteiger partial charge in [-0.15, -0.1) is 0 Å². The molecule has 1 saturated heterocycles. The summed E-state index contributed by atoms with van der Waals surface area (Å²) in [5.74, 6) is 0.586. The van der Waals surface area contributed by atoms with Gasteiger partial charge in [0.25, 0.3) is 0 Å². The molecule has 1 fully saturated rings. The second-order valence-electron chi connectivity index (χ2n) is 4.33. The fourth-order valence-electron chi connectivity index (χ4n) is 2.01. The highest BCUT2D eigenvalue weighted by Gasteiger charge is 2.30. The number of Topliss-reactive ketones (excluding diaryl/α,β-unsaturated/α-hetero) is 1. The minimum absolute atomic E-state index is 0.181. The van der Waals surface area contributed by atoms with E-state index in [0.29, 0.717) is 12.3 Å². The molecule has 2 nitrogen and oxygen atoms in total. The highest BCUT2D eigenvalue weighted by molar-refractivity contribution is 14.1. The number of halogens is 1. The third kappa shape index (κ3) is 2.83. The minimum atomic E-state index is -0.181. The van der Waals surface area contributed by atoms with Gasteiger partial charge in [0.05, 0.1) is 0 Å². The van der Waals surface area contributed by atoms with Crippen LogP contribution in [0.1, 0.15) is 18.9 Å². The van der Waals surface area contributed by atoms with E-state index >= 15 is 0 Å². The summed E-state index contributed by atoms with van der Waals surface area (Å²) in [7, 11) is 0. The first-order valence-corrected chi connectivity index (χ1v) is 6.63. The summed E-state index contributed by atoms with van der Waals surface area (Å²) in [6.45, 7) is 2.81. The summed E-state index contributed by atoms with van der Waals surface area (Å²) in [5, 5.41) is 0. The fraction of sp³-hybridized carbons (Fsp3) is 0.462. The van der Waals surface area contributed by atoms with E-state index in [1.165, 1.54) is 3.57 Å². The molecule has 2 atom stereocenters. The zero-order valence-corrected chi connectivity index (χ0v) is 11.4. The van der Waals surface area contributed by atoms with Crippen molar-refractivity contribution in [2.45, 2.75) is 25.9 Å². The van der Waals surface area contributed by atoms with Crippen LogP contribution in [0, 0.1) is 9.49 Å². The van der Waals surface area contributed by atoms with Gasteiger partial charge in [0.1, 0.15) is 6.10 Å². The highest BCUT2D eigenvalue weighted by Crippen LogP contribution is 2.22. The summed E-state index contributed by atoms with van der Waals surface area (Å²) in [5.41, 5.74) is 1.08. The summed E-state index contributed by atoms with van der Waals surface area (Å²) >= 11 is 2.26. The van der Waals surface area contributed by atoms with Crippen LogP contribution in [-0.4, -0.2) is 18.5 Å². The lowest BCUT2D eigenvalue weighted by molar-refractivity contribution is -0.128. The predicted octanol–water partition coefficient (Wildman–Crippen LogP) is 2.83. The Kier molecular flexibility index (Phi) is 3.97. The molecule has 0 spiro atoms. The second kappa shape index (κ2) is 5.27. The number of hydrogen-bond acceptors (Lipinski definition) is 2. The van der Waals surface area contributed by atoms with Crippen LogP contribution in [0.3, 0.4) is 0 Å². The number of ether oxygens (including phenoxy) is 1. The van der Waals surface area contributed by atoms with E-state index in [1.807, 2.05) is 24.3 Å². The largest absolute Gasteiger partial charge is 0.370 e. The molecular weight excluding hydrogens is 315 g/mol. The number of carbonyl (C=O) groups excluding carboxylic acids is 1. The highest BCUT2D eigenvalue weighted by atomic mass is 127. The Hall–Kier alpha value is -0.420. The molecule has 2 unspecified atom stereocenters. The zero-order chi connectivity index (χ0) is 11.5. The van der Waals surface area contributed by atoms with E-state index in [1.54, 1.807) is 0 Å². The number of ketones is 1. The molecule has 1 aliphatic rings. The van der Waals surface area contributed by atoms with Crippen molar-refractivity contribution in [1.82, 2.24) is 0 Å². The first-order chi connectivity index (χ1) is 7.66. The standard InChI is InChI=1S/C13H15IO2/c1-9-6-7-16-13(9)12(15)8-10-2-4-11(14)5-3-10/h2-5,9,13H,6-8H2,1H3. The van der Waals surface area contributed by atoms with Crippen LogP contribution < -0.4 is 0 Å². The molecule has 3 heteroatoms. The molecule has 86 valence electrons. The van der Waals surface area contributed by atoms with E-state index in [-0.39, 0.29) is 11.9 Å². The van der Waals surface area contributed by atoms with Gasteiger partial charge in [-0.1, -0.05) is 19.1 Å². The van der Waals surface area contributed by atoms with E-state index < -0.39 is 0 Å². The maximum Gasteiger partial charge on any atom is 0.166 e. The van der Waals surface area contributed by atoms with Gasteiger partial charge in [0.15, 0.2) is 5.78 Å².